The third-order valence-corrected chi connectivity index (χ3v) is 3.35. The van der Waals surface area contributed by atoms with E-state index < -0.39 is 0 Å². The molecule has 1 heterocycles. The van der Waals surface area contributed by atoms with Gasteiger partial charge in [-0.1, -0.05) is 25.5 Å². The van der Waals surface area contributed by atoms with Crippen molar-refractivity contribution in [1.82, 2.24) is 15.1 Å². The van der Waals surface area contributed by atoms with Gasteiger partial charge in [0.1, 0.15) is 0 Å². The fourth-order valence-electron chi connectivity index (χ4n) is 1.74. The highest BCUT2D eigenvalue weighted by atomic mass is 127. The fourth-order valence-corrected chi connectivity index (χ4v) is 2.13. The minimum absolute atomic E-state index is 0.941. The summed E-state index contributed by atoms with van der Waals surface area (Å²) in [5.74, 6) is 0. The predicted octanol–water partition coefficient (Wildman–Crippen LogP) is 3.37. The Morgan fingerprint density at radius 2 is 2.06 bits per heavy atom. The number of hydrogen-bond acceptors (Lipinski definition) is 2. The molecule has 0 spiro atoms. The third kappa shape index (κ3) is 3.81. The van der Waals surface area contributed by atoms with Crippen LogP contribution in [0.15, 0.2) is 36.7 Å². The van der Waals surface area contributed by atoms with Crippen LogP contribution in [0.5, 0.6) is 0 Å². The average Bonchev–Trinajstić information content (AvgIpc) is 2.82. The molecule has 3 nitrogen and oxygen atoms in total. The average molecular weight is 355 g/mol. The van der Waals surface area contributed by atoms with Crippen LogP contribution in [0.2, 0.25) is 0 Å². The van der Waals surface area contributed by atoms with Crippen LogP contribution in [-0.2, 0) is 6.54 Å². The molecule has 0 bridgehead atoms. The minimum Gasteiger partial charge on any atom is -0.313 e. The Labute approximate surface area is 122 Å². The lowest BCUT2D eigenvalue weighted by atomic mass is 10.2. The molecule has 0 saturated carbocycles. The number of aromatic nitrogens is 2. The van der Waals surface area contributed by atoms with Gasteiger partial charge in [-0.15, -0.1) is 0 Å². The van der Waals surface area contributed by atoms with Crippen molar-refractivity contribution in [3.05, 3.63) is 45.8 Å². The van der Waals surface area contributed by atoms with Gasteiger partial charge in [0.15, 0.2) is 0 Å². The number of unbranched alkanes of at least 4 members (excludes halogenated alkanes) is 1. The molecule has 96 valence electrons. The van der Waals surface area contributed by atoms with E-state index in [0.29, 0.717) is 0 Å². The maximum absolute atomic E-state index is 4.30. The zero-order valence-corrected chi connectivity index (χ0v) is 12.7. The van der Waals surface area contributed by atoms with Gasteiger partial charge in [0.25, 0.3) is 0 Å². The lowest BCUT2D eigenvalue weighted by molar-refractivity contribution is 0.641. The number of nitrogens with one attached hydrogen (secondary N) is 1. The van der Waals surface area contributed by atoms with Gasteiger partial charge in [-0.3, -0.25) is 0 Å². The standard InChI is InChI=1S/C14H18IN3/c1-2-3-8-16-9-12-4-6-14(7-5-12)18-11-13(15)10-17-18/h4-7,10-11,16H,2-3,8-9H2,1H3. The van der Waals surface area contributed by atoms with Crippen LogP contribution in [-0.4, -0.2) is 16.3 Å². The summed E-state index contributed by atoms with van der Waals surface area (Å²) in [5.41, 5.74) is 2.42. The van der Waals surface area contributed by atoms with Crippen molar-refractivity contribution < 1.29 is 0 Å². The fraction of sp³-hybridized carbons (Fsp3) is 0.357. The van der Waals surface area contributed by atoms with Gasteiger partial charge in [0.05, 0.1) is 15.5 Å². The Balaban J connectivity index is 1.93. The Kier molecular flexibility index (Phi) is 5.19. The lowest BCUT2D eigenvalue weighted by Crippen LogP contribution is -2.14. The largest absolute Gasteiger partial charge is 0.313 e. The van der Waals surface area contributed by atoms with Crippen LogP contribution in [0.25, 0.3) is 5.69 Å². The maximum Gasteiger partial charge on any atom is 0.0646 e. The molecule has 0 aliphatic carbocycles. The van der Waals surface area contributed by atoms with Gasteiger partial charge in [-0.25, -0.2) is 4.68 Å². The zero-order chi connectivity index (χ0) is 12.8. The third-order valence-electron chi connectivity index (χ3n) is 2.79. The summed E-state index contributed by atoms with van der Waals surface area (Å²) >= 11 is 2.27. The molecule has 1 aromatic carbocycles. The lowest BCUT2D eigenvalue weighted by Gasteiger charge is -2.05. The number of rotatable bonds is 6. The van der Waals surface area contributed by atoms with Crippen molar-refractivity contribution in [3.63, 3.8) is 0 Å². The van der Waals surface area contributed by atoms with Crippen molar-refractivity contribution in [3.8, 4) is 5.69 Å². The summed E-state index contributed by atoms with van der Waals surface area (Å²) in [6, 6.07) is 8.53. The maximum atomic E-state index is 4.30. The van der Waals surface area contributed by atoms with E-state index in [1.807, 2.05) is 17.1 Å². The van der Waals surface area contributed by atoms with Gasteiger partial charge in [-0.2, -0.15) is 5.10 Å². The van der Waals surface area contributed by atoms with Crippen LogP contribution in [0.3, 0.4) is 0 Å². The van der Waals surface area contributed by atoms with E-state index in [0.717, 1.165) is 22.3 Å². The van der Waals surface area contributed by atoms with Gasteiger partial charge in [-0.05, 0) is 53.3 Å². The Morgan fingerprint density at radius 3 is 2.67 bits per heavy atom. The molecule has 0 saturated heterocycles. The molecule has 18 heavy (non-hydrogen) atoms. The quantitative estimate of drug-likeness (QED) is 0.636. The number of halogens is 1. The Bertz CT molecular complexity index is 476. The van der Waals surface area contributed by atoms with Crippen LogP contribution < -0.4 is 5.32 Å². The molecule has 0 amide bonds. The van der Waals surface area contributed by atoms with E-state index in [2.05, 4.69) is 64.2 Å². The van der Waals surface area contributed by atoms with Crippen LogP contribution in [0, 0.1) is 3.57 Å². The highest BCUT2D eigenvalue weighted by Gasteiger charge is 1.99. The number of hydrogen-bond donors (Lipinski definition) is 1. The molecule has 0 fully saturated rings. The highest BCUT2D eigenvalue weighted by Crippen LogP contribution is 2.11. The normalized spacial score (nSPS) is 10.8. The van der Waals surface area contributed by atoms with Gasteiger partial charge in [0, 0.05) is 12.7 Å². The molecule has 2 rings (SSSR count). The van der Waals surface area contributed by atoms with E-state index in [1.165, 1.54) is 18.4 Å². The SMILES string of the molecule is CCCCNCc1ccc(-n2cc(I)cn2)cc1. The van der Waals surface area contributed by atoms with Crippen molar-refractivity contribution in [2.75, 3.05) is 6.54 Å². The van der Waals surface area contributed by atoms with Crippen LogP contribution >= 0.6 is 22.6 Å². The van der Waals surface area contributed by atoms with E-state index in [1.54, 1.807) is 0 Å². The Morgan fingerprint density at radius 1 is 1.28 bits per heavy atom. The first-order valence-corrected chi connectivity index (χ1v) is 7.37. The predicted molar refractivity (Wildman–Crippen MR) is 82.9 cm³/mol. The molecular weight excluding hydrogens is 337 g/mol. The first-order chi connectivity index (χ1) is 8.79. The van der Waals surface area contributed by atoms with Crippen LogP contribution in [0.1, 0.15) is 25.3 Å². The molecule has 0 atom stereocenters. The first kappa shape index (κ1) is 13.5. The molecule has 0 aliphatic heterocycles. The van der Waals surface area contributed by atoms with Crippen LogP contribution in [0.4, 0.5) is 0 Å². The van der Waals surface area contributed by atoms with E-state index in [9.17, 15) is 0 Å². The summed E-state index contributed by atoms with van der Waals surface area (Å²) in [7, 11) is 0. The summed E-state index contributed by atoms with van der Waals surface area (Å²) < 4.78 is 3.05. The summed E-state index contributed by atoms with van der Waals surface area (Å²) in [6.07, 6.45) is 6.36. The first-order valence-electron chi connectivity index (χ1n) is 6.30. The second kappa shape index (κ2) is 6.89. The summed E-state index contributed by atoms with van der Waals surface area (Å²) in [4.78, 5) is 0. The molecule has 0 unspecified atom stereocenters. The Hall–Kier alpha value is -0.880. The minimum atomic E-state index is 0.941. The second-order valence-corrected chi connectivity index (χ2v) is 5.55. The molecule has 0 radical (unpaired) electrons. The number of benzene rings is 1. The van der Waals surface area contributed by atoms with E-state index >= 15 is 0 Å². The van der Waals surface area contributed by atoms with Gasteiger partial charge >= 0.3 is 0 Å². The summed E-state index contributed by atoms with van der Waals surface area (Å²) in [5, 5.41) is 7.74. The molecule has 4 heteroatoms. The van der Waals surface area contributed by atoms with Gasteiger partial charge < -0.3 is 5.32 Å². The molecule has 0 aliphatic rings. The molecule has 2 aromatic rings. The van der Waals surface area contributed by atoms with Crippen molar-refractivity contribution >= 4 is 22.6 Å². The van der Waals surface area contributed by atoms with Crippen molar-refractivity contribution in [2.24, 2.45) is 0 Å². The van der Waals surface area contributed by atoms with Gasteiger partial charge in [0.2, 0.25) is 0 Å². The smallest absolute Gasteiger partial charge is 0.0646 e. The zero-order valence-electron chi connectivity index (χ0n) is 10.6. The van der Waals surface area contributed by atoms with Crippen molar-refractivity contribution in [2.45, 2.75) is 26.3 Å². The van der Waals surface area contributed by atoms with Crippen molar-refractivity contribution in [1.29, 1.82) is 0 Å². The second-order valence-electron chi connectivity index (χ2n) is 4.30. The molecular formula is C14H18IN3. The van der Waals surface area contributed by atoms with E-state index in [-0.39, 0.29) is 0 Å². The molecule has 1 aromatic heterocycles. The number of nitrogens with zero attached hydrogens (tertiary/aromatic N) is 2. The topological polar surface area (TPSA) is 29.9 Å². The summed E-state index contributed by atoms with van der Waals surface area (Å²) in [6.45, 7) is 4.24. The molecule has 1 N–H and O–H groups in total. The highest BCUT2D eigenvalue weighted by molar-refractivity contribution is 14.1. The van der Waals surface area contributed by atoms with E-state index in [4.69, 9.17) is 0 Å². The monoisotopic (exact) mass is 355 g/mol.